The van der Waals surface area contributed by atoms with E-state index in [0.29, 0.717) is 12.4 Å². The molecule has 3 aromatic rings. The van der Waals surface area contributed by atoms with E-state index >= 15 is 0 Å². The Morgan fingerprint density at radius 1 is 1.21 bits per heavy atom. The van der Waals surface area contributed by atoms with Crippen LogP contribution in [0.15, 0.2) is 47.6 Å². The number of hydrazone groups is 1. The molecule has 0 radical (unpaired) electrons. The van der Waals surface area contributed by atoms with Gasteiger partial charge >= 0.3 is 0 Å². The highest BCUT2D eigenvalue weighted by atomic mass is 16.5. The predicted octanol–water partition coefficient (Wildman–Crippen LogP) is 2.93. The predicted molar refractivity (Wildman–Crippen MR) is 117 cm³/mol. The Balaban J connectivity index is 1.52. The van der Waals surface area contributed by atoms with E-state index in [9.17, 15) is 0 Å². The molecule has 4 rings (SSSR count). The number of nitrogens with zero attached hydrogens (tertiary/aromatic N) is 3. The van der Waals surface area contributed by atoms with Crippen LogP contribution >= 0.6 is 0 Å². The van der Waals surface area contributed by atoms with Gasteiger partial charge in [-0.1, -0.05) is 18.6 Å². The number of H-pyrrole nitrogens is 1. The van der Waals surface area contributed by atoms with Crippen molar-refractivity contribution in [1.29, 1.82) is 0 Å². The number of nitrogens with one attached hydrogen (secondary N) is 2. The molecular weight excluding hydrogens is 364 g/mol. The first-order chi connectivity index (χ1) is 14.2. The molecule has 0 aliphatic carbocycles. The maximum atomic E-state index is 6.03. The average Bonchev–Trinajstić information content (AvgIpc) is 3.18. The van der Waals surface area contributed by atoms with Crippen LogP contribution in [-0.4, -0.2) is 54.2 Å². The second-order valence-electron chi connectivity index (χ2n) is 7.33. The monoisotopic (exact) mass is 392 g/mol. The molecule has 1 aromatic heterocycles. The van der Waals surface area contributed by atoms with Crippen molar-refractivity contribution in [3.05, 3.63) is 48.0 Å². The third-order valence-corrected chi connectivity index (χ3v) is 5.32. The summed E-state index contributed by atoms with van der Waals surface area (Å²) < 4.78 is 6.03. The Morgan fingerprint density at radius 2 is 2.07 bits per heavy atom. The van der Waals surface area contributed by atoms with Gasteiger partial charge in [0.25, 0.3) is 0 Å². The molecule has 2 aromatic carbocycles. The average molecular weight is 393 g/mol. The molecule has 0 spiro atoms. The van der Waals surface area contributed by atoms with Crippen molar-refractivity contribution in [2.45, 2.75) is 19.3 Å². The fourth-order valence-electron chi connectivity index (χ4n) is 3.79. The fraction of sp³-hybridized carbons (Fsp3) is 0.364. The van der Waals surface area contributed by atoms with Crippen molar-refractivity contribution in [3.63, 3.8) is 0 Å². The van der Waals surface area contributed by atoms with Crippen molar-refractivity contribution in [3.8, 4) is 17.0 Å². The highest BCUT2D eigenvalue weighted by Crippen LogP contribution is 2.29. The summed E-state index contributed by atoms with van der Waals surface area (Å²) in [5.41, 5.74) is 12.4. The van der Waals surface area contributed by atoms with Gasteiger partial charge in [-0.3, -0.25) is 10.00 Å². The quantitative estimate of drug-likeness (QED) is 0.327. The van der Waals surface area contributed by atoms with Gasteiger partial charge < -0.3 is 15.9 Å². The molecule has 1 saturated heterocycles. The van der Waals surface area contributed by atoms with Crippen LogP contribution in [0.5, 0.6) is 5.75 Å². The van der Waals surface area contributed by atoms with E-state index in [0.717, 1.165) is 40.0 Å². The molecule has 7 nitrogen and oxygen atoms in total. The van der Waals surface area contributed by atoms with Crippen LogP contribution in [0, 0.1) is 0 Å². The minimum absolute atomic E-state index is 0.441. The summed E-state index contributed by atoms with van der Waals surface area (Å²) >= 11 is 0. The summed E-state index contributed by atoms with van der Waals surface area (Å²) in [7, 11) is 1.73. The zero-order valence-corrected chi connectivity index (χ0v) is 16.8. The van der Waals surface area contributed by atoms with Crippen molar-refractivity contribution in [1.82, 2.24) is 20.5 Å². The molecule has 2 heterocycles. The molecule has 152 valence electrons. The van der Waals surface area contributed by atoms with Gasteiger partial charge in [0.15, 0.2) is 5.84 Å². The third-order valence-electron chi connectivity index (χ3n) is 5.32. The van der Waals surface area contributed by atoms with E-state index in [2.05, 4.69) is 25.6 Å². The number of aromatic amines is 1. The van der Waals surface area contributed by atoms with Crippen LogP contribution < -0.4 is 15.9 Å². The van der Waals surface area contributed by atoms with Gasteiger partial charge in [0.05, 0.1) is 5.52 Å². The van der Waals surface area contributed by atoms with E-state index < -0.39 is 0 Å². The van der Waals surface area contributed by atoms with Gasteiger partial charge in [-0.15, -0.1) is 0 Å². The van der Waals surface area contributed by atoms with Gasteiger partial charge in [-0.05, 0) is 56.3 Å². The summed E-state index contributed by atoms with van der Waals surface area (Å²) in [6.45, 7) is 4.05. The molecule has 0 bridgehead atoms. The lowest BCUT2D eigenvalue weighted by molar-refractivity contribution is 0.183. The van der Waals surface area contributed by atoms with E-state index in [1.54, 1.807) is 7.05 Å². The zero-order valence-electron chi connectivity index (χ0n) is 16.8. The summed E-state index contributed by atoms with van der Waals surface area (Å²) in [5.74, 6) is 1.31. The Morgan fingerprint density at radius 3 is 2.90 bits per heavy atom. The number of amidine groups is 1. The van der Waals surface area contributed by atoms with Crippen molar-refractivity contribution < 1.29 is 4.74 Å². The van der Waals surface area contributed by atoms with Crippen molar-refractivity contribution in [2.24, 2.45) is 10.8 Å². The highest BCUT2D eigenvalue weighted by molar-refractivity contribution is 6.03. The van der Waals surface area contributed by atoms with E-state index in [1.807, 2.05) is 42.5 Å². The Labute approximate surface area is 170 Å². The smallest absolute Gasteiger partial charge is 0.150 e. The molecular formula is C22H28N6O. The maximum absolute atomic E-state index is 6.03. The first-order valence-corrected chi connectivity index (χ1v) is 10.2. The number of rotatable bonds is 7. The number of benzene rings is 2. The summed E-state index contributed by atoms with van der Waals surface area (Å²) in [5, 5.41) is 12.7. The van der Waals surface area contributed by atoms with Crippen LogP contribution in [0.2, 0.25) is 0 Å². The lowest BCUT2D eigenvalue weighted by Gasteiger charge is -2.26. The molecule has 1 aliphatic heterocycles. The van der Waals surface area contributed by atoms with Gasteiger partial charge in [0.2, 0.25) is 0 Å². The van der Waals surface area contributed by atoms with Crippen molar-refractivity contribution in [2.75, 3.05) is 33.3 Å². The SMILES string of the molecule is CN/N=C(\N)c1ccc2[nH]nc(-c3cccc(OCCN4CCCCC4)c3)c2c1. The minimum atomic E-state index is 0.441. The summed E-state index contributed by atoms with van der Waals surface area (Å²) in [6.07, 6.45) is 3.95. The first kappa shape index (κ1) is 19.3. The molecule has 7 heteroatoms. The maximum Gasteiger partial charge on any atom is 0.150 e. The number of hydrogen-bond donors (Lipinski definition) is 3. The van der Waals surface area contributed by atoms with E-state index in [-0.39, 0.29) is 0 Å². The van der Waals surface area contributed by atoms with Crippen LogP contribution in [0.3, 0.4) is 0 Å². The second-order valence-corrected chi connectivity index (χ2v) is 7.33. The summed E-state index contributed by atoms with van der Waals surface area (Å²) in [4.78, 5) is 2.48. The number of hydrogen-bond acceptors (Lipinski definition) is 5. The molecule has 0 amide bonds. The van der Waals surface area contributed by atoms with Crippen LogP contribution in [0.25, 0.3) is 22.2 Å². The second kappa shape index (κ2) is 8.96. The Bertz CT molecular complexity index is 990. The number of ether oxygens (including phenoxy) is 1. The Kier molecular flexibility index (Phi) is 5.95. The molecule has 0 atom stereocenters. The standard InChI is InChI=1S/C22H28N6O/c1-24-27-22(23)17-8-9-20-19(15-17)21(26-25-20)16-6-5-7-18(14-16)29-13-12-28-10-3-2-4-11-28/h5-9,14-15,24H,2-4,10-13H2,1H3,(H2,23,27)(H,25,26). The number of aromatic nitrogens is 2. The molecule has 29 heavy (non-hydrogen) atoms. The van der Waals surface area contributed by atoms with Gasteiger partial charge in [0, 0.05) is 30.1 Å². The topological polar surface area (TPSA) is 91.6 Å². The third kappa shape index (κ3) is 4.51. The molecule has 0 saturated carbocycles. The number of piperidine rings is 1. The molecule has 4 N–H and O–H groups in total. The Hall–Kier alpha value is -3.06. The summed E-state index contributed by atoms with van der Waals surface area (Å²) in [6, 6.07) is 14.0. The molecule has 1 aliphatic rings. The van der Waals surface area contributed by atoms with E-state index in [4.69, 9.17) is 10.5 Å². The van der Waals surface area contributed by atoms with Gasteiger partial charge in [0.1, 0.15) is 18.1 Å². The number of nitrogens with two attached hydrogens (primary N) is 1. The van der Waals surface area contributed by atoms with E-state index in [1.165, 1.54) is 32.4 Å². The lowest BCUT2D eigenvalue weighted by atomic mass is 10.0. The lowest BCUT2D eigenvalue weighted by Crippen LogP contribution is -2.33. The van der Waals surface area contributed by atoms with Gasteiger partial charge in [-0.25, -0.2) is 0 Å². The fourth-order valence-corrected chi connectivity index (χ4v) is 3.79. The van der Waals surface area contributed by atoms with Crippen molar-refractivity contribution >= 4 is 16.7 Å². The molecule has 0 unspecified atom stereocenters. The van der Waals surface area contributed by atoms with Crippen LogP contribution in [0.4, 0.5) is 0 Å². The van der Waals surface area contributed by atoms with Crippen LogP contribution in [-0.2, 0) is 0 Å². The van der Waals surface area contributed by atoms with Gasteiger partial charge in [-0.2, -0.15) is 10.2 Å². The highest BCUT2D eigenvalue weighted by Gasteiger charge is 2.12. The zero-order chi connectivity index (χ0) is 20.1. The molecule has 1 fully saturated rings. The largest absolute Gasteiger partial charge is 0.492 e. The first-order valence-electron chi connectivity index (χ1n) is 10.2. The van der Waals surface area contributed by atoms with Crippen LogP contribution in [0.1, 0.15) is 24.8 Å². The normalized spacial score (nSPS) is 15.6. The number of likely N-dealkylation sites (tertiary alicyclic amines) is 1. The number of fused-ring (bicyclic) bond motifs is 1. The minimum Gasteiger partial charge on any atom is -0.492 e.